The van der Waals surface area contributed by atoms with E-state index in [1.807, 2.05) is 6.92 Å². The van der Waals surface area contributed by atoms with E-state index < -0.39 is 5.82 Å². The Hall–Kier alpha value is -1.62. The maximum absolute atomic E-state index is 13.4. The van der Waals surface area contributed by atoms with Gasteiger partial charge >= 0.3 is 6.03 Å². The molecule has 0 heterocycles. The van der Waals surface area contributed by atoms with Crippen LogP contribution in [-0.2, 0) is 0 Å². The van der Waals surface area contributed by atoms with Gasteiger partial charge in [0.25, 0.3) is 0 Å². The van der Waals surface area contributed by atoms with Crippen LogP contribution in [0.2, 0.25) is 0 Å². The topological polar surface area (TPSA) is 58.4 Å². The fourth-order valence-corrected chi connectivity index (χ4v) is 1.62. The van der Waals surface area contributed by atoms with Crippen LogP contribution in [0.1, 0.15) is 19.8 Å². The summed E-state index contributed by atoms with van der Waals surface area (Å²) in [4.78, 5) is 13.6. The number of nitrogens with two attached hydrogens (primary N) is 1. The first-order valence-corrected chi connectivity index (χ1v) is 6.19. The molecule has 1 aromatic rings. The number of halogens is 1. The van der Waals surface area contributed by atoms with Crippen molar-refractivity contribution in [1.82, 2.24) is 4.90 Å². The van der Waals surface area contributed by atoms with Crippen molar-refractivity contribution in [3.05, 3.63) is 30.1 Å². The van der Waals surface area contributed by atoms with Crippen LogP contribution in [0.25, 0.3) is 0 Å². The largest absolute Gasteiger partial charge is 0.330 e. The third-order valence-corrected chi connectivity index (χ3v) is 2.53. The van der Waals surface area contributed by atoms with Gasteiger partial charge in [-0.3, -0.25) is 0 Å². The molecule has 5 heteroatoms. The van der Waals surface area contributed by atoms with Gasteiger partial charge in [-0.05, 0) is 31.5 Å². The highest BCUT2D eigenvalue weighted by molar-refractivity contribution is 5.89. The number of rotatable bonds is 6. The summed E-state index contributed by atoms with van der Waals surface area (Å²) in [5.41, 5.74) is 5.64. The third kappa shape index (κ3) is 4.33. The molecule has 3 N–H and O–H groups in total. The smallest absolute Gasteiger partial charge is 0.321 e. The Morgan fingerprint density at radius 2 is 2.11 bits per heavy atom. The van der Waals surface area contributed by atoms with Gasteiger partial charge in [0.1, 0.15) is 5.82 Å². The van der Waals surface area contributed by atoms with Gasteiger partial charge in [0, 0.05) is 13.1 Å². The van der Waals surface area contributed by atoms with Crippen LogP contribution in [0.5, 0.6) is 0 Å². The first-order chi connectivity index (χ1) is 8.69. The van der Waals surface area contributed by atoms with Crippen molar-refractivity contribution in [2.24, 2.45) is 5.73 Å². The van der Waals surface area contributed by atoms with Gasteiger partial charge in [-0.15, -0.1) is 0 Å². The zero-order chi connectivity index (χ0) is 13.4. The van der Waals surface area contributed by atoms with Crippen LogP contribution in [0.3, 0.4) is 0 Å². The number of hydrogen-bond donors (Lipinski definition) is 2. The van der Waals surface area contributed by atoms with Gasteiger partial charge < -0.3 is 16.0 Å². The summed E-state index contributed by atoms with van der Waals surface area (Å²) in [5.74, 6) is -0.430. The lowest BCUT2D eigenvalue weighted by Crippen LogP contribution is -2.37. The summed E-state index contributed by atoms with van der Waals surface area (Å²) in [5, 5.41) is 2.58. The second kappa shape index (κ2) is 7.66. The Morgan fingerprint density at radius 1 is 1.39 bits per heavy atom. The highest BCUT2D eigenvalue weighted by Gasteiger charge is 2.13. The van der Waals surface area contributed by atoms with Crippen molar-refractivity contribution in [2.75, 3.05) is 25.0 Å². The molecular formula is C13H20FN3O. The summed E-state index contributed by atoms with van der Waals surface area (Å²) >= 11 is 0. The van der Waals surface area contributed by atoms with E-state index in [0.29, 0.717) is 19.6 Å². The van der Waals surface area contributed by atoms with Crippen molar-refractivity contribution in [1.29, 1.82) is 0 Å². The van der Waals surface area contributed by atoms with Gasteiger partial charge in [0.2, 0.25) is 0 Å². The molecular weight excluding hydrogens is 233 g/mol. The quantitative estimate of drug-likeness (QED) is 0.818. The third-order valence-electron chi connectivity index (χ3n) is 2.53. The van der Waals surface area contributed by atoms with Crippen LogP contribution in [0, 0.1) is 5.82 Å². The SMILES string of the molecule is CCCN(CCCN)C(=O)Nc1ccccc1F. The first-order valence-electron chi connectivity index (χ1n) is 6.19. The molecule has 0 spiro atoms. The molecule has 0 unspecified atom stereocenters. The Morgan fingerprint density at radius 3 is 2.72 bits per heavy atom. The molecule has 0 aromatic heterocycles. The molecule has 4 nitrogen and oxygen atoms in total. The van der Waals surface area contributed by atoms with E-state index in [1.54, 1.807) is 23.1 Å². The van der Waals surface area contributed by atoms with Crippen molar-refractivity contribution >= 4 is 11.7 Å². The van der Waals surface area contributed by atoms with E-state index in [9.17, 15) is 9.18 Å². The van der Waals surface area contributed by atoms with Crippen LogP contribution in [0.4, 0.5) is 14.9 Å². The predicted octanol–water partition coefficient (Wildman–Crippen LogP) is 2.42. The molecule has 0 aliphatic rings. The minimum Gasteiger partial charge on any atom is -0.330 e. The molecule has 1 aromatic carbocycles. The van der Waals surface area contributed by atoms with Gasteiger partial charge in [0.05, 0.1) is 5.69 Å². The zero-order valence-electron chi connectivity index (χ0n) is 10.7. The maximum atomic E-state index is 13.4. The van der Waals surface area contributed by atoms with Gasteiger partial charge in [-0.2, -0.15) is 0 Å². The summed E-state index contributed by atoms with van der Waals surface area (Å²) in [6.07, 6.45) is 1.60. The molecule has 0 aliphatic heterocycles. The highest BCUT2D eigenvalue weighted by Crippen LogP contribution is 2.13. The molecule has 0 bridgehead atoms. The minimum atomic E-state index is -0.430. The molecule has 100 valence electrons. The maximum Gasteiger partial charge on any atom is 0.321 e. The zero-order valence-corrected chi connectivity index (χ0v) is 10.7. The first kappa shape index (κ1) is 14.4. The van der Waals surface area contributed by atoms with Gasteiger partial charge in [0.15, 0.2) is 0 Å². The summed E-state index contributed by atoms with van der Waals surface area (Å²) in [7, 11) is 0. The Balaban J connectivity index is 2.63. The molecule has 1 rings (SSSR count). The van der Waals surface area contributed by atoms with E-state index in [2.05, 4.69) is 5.32 Å². The lowest BCUT2D eigenvalue weighted by Gasteiger charge is -2.22. The predicted molar refractivity (Wildman–Crippen MR) is 71.0 cm³/mol. The number of urea groups is 1. The normalized spacial score (nSPS) is 10.2. The van der Waals surface area contributed by atoms with E-state index >= 15 is 0 Å². The number of para-hydroxylation sites is 1. The molecule has 2 amide bonds. The summed E-state index contributed by atoms with van der Waals surface area (Å²) in [6, 6.07) is 5.85. The molecule has 0 saturated heterocycles. The number of carbonyl (C=O) groups excluding carboxylic acids is 1. The van der Waals surface area contributed by atoms with E-state index in [1.165, 1.54) is 6.07 Å². The molecule has 0 aliphatic carbocycles. The summed E-state index contributed by atoms with van der Waals surface area (Å²) in [6.45, 7) is 3.75. The number of nitrogens with zero attached hydrogens (tertiary/aromatic N) is 1. The Kier molecular flexibility index (Phi) is 6.14. The fraction of sp³-hybridized carbons (Fsp3) is 0.462. The number of hydrogen-bond acceptors (Lipinski definition) is 2. The van der Waals surface area contributed by atoms with Crippen LogP contribution < -0.4 is 11.1 Å². The Labute approximate surface area is 107 Å². The Bertz CT molecular complexity index is 384. The van der Waals surface area contributed by atoms with Crippen molar-refractivity contribution < 1.29 is 9.18 Å². The molecule has 0 fully saturated rings. The molecule has 0 radical (unpaired) electrons. The van der Waals surface area contributed by atoms with Crippen LogP contribution >= 0.6 is 0 Å². The number of carbonyl (C=O) groups is 1. The lowest BCUT2D eigenvalue weighted by molar-refractivity contribution is 0.211. The van der Waals surface area contributed by atoms with E-state index in [-0.39, 0.29) is 11.7 Å². The molecule has 18 heavy (non-hydrogen) atoms. The molecule has 0 atom stereocenters. The van der Waals surface area contributed by atoms with Gasteiger partial charge in [-0.1, -0.05) is 19.1 Å². The average molecular weight is 253 g/mol. The number of nitrogens with one attached hydrogen (secondary N) is 1. The molecule has 0 saturated carbocycles. The fourth-order valence-electron chi connectivity index (χ4n) is 1.62. The van der Waals surface area contributed by atoms with Gasteiger partial charge in [-0.25, -0.2) is 9.18 Å². The highest BCUT2D eigenvalue weighted by atomic mass is 19.1. The average Bonchev–Trinajstić information content (AvgIpc) is 2.37. The minimum absolute atomic E-state index is 0.205. The van der Waals surface area contributed by atoms with E-state index in [4.69, 9.17) is 5.73 Å². The van der Waals surface area contributed by atoms with Crippen LogP contribution in [0.15, 0.2) is 24.3 Å². The monoisotopic (exact) mass is 253 g/mol. The number of anilines is 1. The second-order valence-electron chi connectivity index (χ2n) is 4.04. The van der Waals surface area contributed by atoms with Crippen molar-refractivity contribution in [3.8, 4) is 0 Å². The second-order valence-corrected chi connectivity index (χ2v) is 4.04. The van der Waals surface area contributed by atoms with Crippen LogP contribution in [-0.4, -0.2) is 30.6 Å². The summed E-state index contributed by atoms with van der Waals surface area (Å²) < 4.78 is 13.4. The van der Waals surface area contributed by atoms with Crippen molar-refractivity contribution in [2.45, 2.75) is 19.8 Å². The van der Waals surface area contributed by atoms with Crippen molar-refractivity contribution in [3.63, 3.8) is 0 Å². The number of amides is 2. The lowest BCUT2D eigenvalue weighted by atomic mass is 10.3. The van der Waals surface area contributed by atoms with E-state index in [0.717, 1.165) is 12.8 Å². The standard InChI is InChI=1S/C13H20FN3O/c1-2-9-17(10-5-8-15)13(18)16-12-7-4-3-6-11(12)14/h3-4,6-7H,2,5,8-10,15H2,1H3,(H,16,18). The number of benzene rings is 1.